The minimum Gasteiger partial charge on any atom is -0.483 e. The van der Waals surface area contributed by atoms with Gasteiger partial charge in [-0.15, -0.1) is 0 Å². The normalized spacial score (nSPS) is 10.5. The number of benzene rings is 2. The predicted molar refractivity (Wildman–Crippen MR) is 87.6 cm³/mol. The van der Waals surface area contributed by atoms with Crippen molar-refractivity contribution in [3.8, 4) is 5.75 Å². The van der Waals surface area contributed by atoms with Gasteiger partial charge in [-0.25, -0.2) is 5.43 Å². The number of hydrazone groups is 1. The molecule has 0 saturated heterocycles. The van der Waals surface area contributed by atoms with Crippen LogP contribution in [0.5, 0.6) is 5.75 Å². The molecule has 6 nitrogen and oxygen atoms in total. The van der Waals surface area contributed by atoms with E-state index in [4.69, 9.17) is 22.1 Å². The number of nitrogens with two attached hydrogens (primary N) is 1. The maximum atomic E-state index is 11.9. The first kappa shape index (κ1) is 16.5. The zero-order valence-electron chi connectivity index (χ0n) is 12.0. The molecule has 0 radical (unpaired) electrons. The van der Waals surface area contributed by atoms with Crippen molar-refractivity contribution in [3.05, 3.63) is 64.7 Å². The van der Waals surface area contributed by atoms with E-state index >= 15 is 0 Å². The summed E-state index contributed by atoms with van der Waals surface area (Å²) in [5.74, 6) is -0.503. The van der Waals surface area contributed by atoms with Crippen molar-refractivity contribution in [1.29, 1.82) is 0 Å². The van der Waals surface area contributed by atoms with E-state index in [1.807, 2.05) is 0 Å². The summed E-state index contributed by atoms with van der Waals surface area (Å²) in [6.07, 6.45) is 1.42. The highest BCUT2D eigenvalue weighted by molar-refractivity contribution is 6.30. The molecule has 0 aliphatic heterocycles. The monoisotopic (exact) mass is 331 g/mol. The van der Waals surface area contributed by atoms with Crippen LogP contribution in [0.25, 0.3) is 0 Å². The summed E-state index contributed by atoms with van der Waals surface area (Å²) in [6, 6.07) is 13.4. The Labute approximate surface area is 137 Å². The molecular formula is C16H14ClN3O3. The zero-order valence-corrected chi connectivity index (χ0v) is 12.8. The van der Waals surface area contributed by atoms with Gasteiger partial charge in [0.05, 0.1) is 6.21 Å². The molecule has 0 aliphatic carbocycles. The SMILES string of the molecule is NC(=O)COc1ccccc1/C=N/NC(=O)c1ccc(Cl)cc1. The predicted octanol–water partition coefficient (Wildman–Crippen LogP) is 1.97. The van der Waals surface area contributed by atoms with Gasteiger partial charge in [0, 0.05) is 16.1 Å². The first-order valence-electron chi connectivity index (χ1n) is 6.65. The number of nitrogens with one attached hydrogen (secondary N) is 1. The van der Waals surface area contributed by atoms with Gasteiger partial charge < -0.3 is 10.5 Å². The molecule has 23 heavy (non-hydrogen) atoms. The van der Waals surface area contributed by atoms with E-state index in [2.05, 4.69) is 10.5 Å². The van der Waals surface area contributed by atoms with Gasteiger partial charge in [0.1, 0.15) is 5.75 Å². The molecule has 0 heterocycles. The summed E-state index contributed by atoms with van der Waals surface area (Å²) in [5, 5.41) is 4.42. The molecule has 0 spiro atoms. The van der Waals surface area contributed by atoms with Crippen LogP contribution in [-0.2, 0) is 4.79 Å². The van der Waals surface area contributed by atoms with E-state index in [1.165, 1.54) is 6.21 Å². The lowest BCUT2D eigenvalue weighted by molar-refractivity contribution is -0.119. The lowest BCUT2D eigenvalue weighted by atomic mass is 10.2. The van der Waals surface area contributed by atoms with E-state index < -0.39 is 5.91 Å². The van der Waals surface area contributed by atoms with Crippen LogP contribution in [0, 0.1) is 0 Å². The molecule has 3 N–H and O–H groups in total. The van der Waals surface area contributed by atoms with E-state index in [-0.39, 0.29) is 12.5 Å². The lowest BCUT2D eigenvalue weighted by Crippen LogP contribution is -2.20. The number of halogens is 1. The minimum atomic E-state index is -0.576. The third-order valence-electron chi connectivity index (χ3n) is 2.77. The number of ether oxygens (including phenoxy) is 1. The highest BCUT2D eigenvalue weighted by Gasteiger charge is 2.05. The number of carbonyl (C=O) groups excluding carboxylic acids is 2. The standard InChI is InChI=1S/C16H14ClN3O3/c17-13-7-5-11(6-8-13)16(22)20-19-9-12-3-1-2-4-14(12)23-10-15(18)21/h1-9H,10H2,(H2,18,21)(H,20,22)/b19-9+. The van der Waals surface area contributed by atoms with Crippen LogP contribution in [0.3, 0.4) is 0 Å². The smallest absolute Gasteiger partial charge is 0.271 e. The van der Waals surface area contributed by atoms with E-state index in [0.29, 0.717) is 21.9 Å². The molecule has 118 valence electrons. The van der Waals surface area contributed by atoms with Gasteiger partial charge in [-0.2, -0.15) is 5.10 Å². The highest BCUT2D eigenvalue weighted by atomic mass is 35.5. The third kappa shape index (κ3) is 5.12. The van der Waals surface area contributed by atoms with Crippen LogP contribution in [0.1, 0.15) is 15.9 Å². The van der Waals surface area contributed by atoms with Gasteiger partial charge in [-0.1, -0.05) is 23.7 Å². The molecule has 7 heteroatoms. The maximum Gasteiger partial charge on any atom is 0.271 e. The number of nitrogens with zero attached hydrogens (tertiary/aromatic N) is 1. The average Bonchev–Trinajstić information content (AvgIpc) is 2.54. The molecule has 0 aliphatic rings. The second-order valence-electron chi connectivity index (χ2n) is 4.50. The van der Waals surface area contributed by atoms with Crippen molar-refractivity contribution < 1.29 is 14.3 Å². The van der Waals surface area contributed by atoms with Gasteiger partial charge in [-0.05, 0) is 36.4 Å². The summed E-state index contributed by atoms with van der Waals surface area (Å²) in [6.45, 7) is -0.234. The van der Waals surface area contributed by atoms with Crippen molar-refractivity contribution in [2.45, 2.75) is 0 Å². The van der Waals surface area contributed by atoms with Crippen LogP contribution >= 0.6 is 11.6 Å². The number of rotatable bonds is 6. The van der Waals surface area contributed by atoms with Crippen LogP contribution in [0.15, 0.2) is 53.6 Å². The van der Waals surface area contributed by atoms with Crippen LogP contribution in [0.2, 0.25) is 5.02 Å². The molecule has 0 fully saturated rings. The van der Waals surface area contributed by atoms with Crippen molar-refractivity contribution in [1.82, 2.24) is 5.43 Å². The quantitative estimate of drug-likeness (QED) is 0.626. The summed E-state index contributed by atoms with van der Waals surface area (Å²) in [5.41, 5.74) is 8.48. The summed E-state index contributed by atoms with van der Waals surface area (Å²) in [4.78, 5) is 22.7. The highest BCUT2D eigenvalue weighted by Crippen LogP contribution is 2.15. The van der Waals surface area contributed by atoms with Gasteiger partial charge >= 0.3 is 0 Å². The zero-order chi connectivity index (χ0) is 16.7. The number of carbonyl (C=O) groups is 2. The Balaban J connectivity index is 2.01. The van der Waals surface area contributed by atoms with Gasteiger partial charge in [0.15, 0.2) is 6.61 Å². The Morgan fingerprint density at radius 1 is 1.17 bits per heavy atom. The van der Waals surface area contributed by atoms with Crippen molar-refractivity contribution >= 4 is 29.6 Å². The van der Waals surface area contributed by atoms with Crippen molar-refractivity contribution in [2.75, 3.05) is 6.61 Å². The maximum absolute atomic E-state index is 11.9. The molecule has 0 unspecified atom stereocenters. The second kappa shape index (κ2) is 7.95. The van der Waals surface area contributed by atoms with Crippen LogP contribution < -0.4 is 15.9 Å². The third-order valence-corrected chi connectivity index (χ3v) is 3.02. The largest absolute Gasteiger partial charge is 0.483 e. The Hall–Kier alpha value is -2.86. The lowest BCUT2D eigenvalue weighted by Gasteiger charge is -2.06. The van der Waals surface area contributed by atoms with Gasteiger partial charge in [-0.3, -0.25) is 9.59 Å². The molecule has 0 bridgehead atoms. The Morgan fingerprint density at radius 2 is 1.87 bits per heavy atom. The van der Waals surface area contributed by atoms with Crippen molar-refractivity contribution in [3.63, 3.8) is 0 Å². The Bertz CT molecular complexity index is 730. The Morgan fingerprint density at radius 3 is 2.57 bits per heavy atom. The summed E-state index contributed by atoms with van der Waals surface area (Å²) in [7, 11) is 0. The molecule has 2 aromatic carbocycles. The number of hydrogen-bond acceptors (Lipinski definition) is 4. The number of primary amides is 1. The van der Waals surface area contributed by atoms with E-state index in [0.717, 1.165) is 0 Å². The fourth-order valence-corrected chi connectivity index (χ4v) is 1.82. The Kier molecular flexibility index (Phi) is 5.71. The molecular weight excluding hydrogens is 318 g/mol. The first-order chi connectivity index (χ1) is 11.1. The molecule has 0 atom stereocenters. The fourth-order valence-electron chi connectivity index (χ4n) is 1.69. The summed E-state index contributed by atoms with van der Waals surface area (Å²) < 4.78 is 5.26. The molecule has 2 amide bonds. The van der Waals surface area contributed by atoms with Gasteiger partial charge in [0.2, 0.25) is 0 Å². The number of hydrogen-bond donors (Lipinski definition) is 2. The number of amides is 2. The average molecular weight is 332 g/mol. The topological polar surface area (TPSA) is 93.8 Å². The minimum absolute atomic E-state index is 0.234. The molecule has 0 aromatic heterocycles. The van der Waals surface area contributed by atoms with Crippen molar-refractivity contribution in [2.24, 2.45) is 10.8 Å². The molecule has 0 saturated carbocycles. The van der Waals surface area contributed by atoms with E-state index in [9.17, 15) is 9.59 Å². The van der Waals surface area contributed by atoms with E-state index in [1.54, 1.807) is 48.5 Å². The van der Waals surface area contributed by atoms with Crippen LogP contribution in [-0.4, -0.2) is 24.6 Å². The fraction of sp³-hybridized carbons (Fsp3) is 0.0625. The molecule has 2 rings (SSSR count). The second-order valence-corrected chi connectivity index (χ2v) is 4.94. The first-order valence-corrected chi connectivity index (χ1v) is 7.03. The summed E-state index contributed by atoms with van der Waals surface area (Å²) >= 11 is 5.76. The molecule has 2 aromatic rings. The van der Waals surface area contributed by atoms with Crippen LogP contribution in [0.4, 0.5) is 0 Å². The number of para-hydroxylation sites is 1. The van der Waals surface area contributed by atoms with Gasteiger partial charge in [0.25, 0.3) is 11.8 Å².